The Hall–Kier alpha value is -3.42. The van der Waals surface area contributed by atoms with Gasteiger partial charge in [0.15, 0.2) is 17.6 Å². The summed E-state index contributed by atoms with van der Waals surface area (Å²) in [7, 11) is 5.87. The smallest absolute Gasteiger partial charge is 0.339 e. The van der Waals surface area contributed by atoms with E-state index >= 15 is 0 Å². The number of methoxy groups -OCH3 is 4. The molecule has 2 aromatic rings. The molecule has 0 spiro atoms. The maximum Gasteiger partial charge on any atom is 0.339 e. The van der Waals surface area contributed by atoms with Crippen LogP contribution < -0.4 is 24.3 Å². The minimum absolute atomic E-state index is 0.163. The van der Waals surface area contributed by atoms with Gasteiger partial charge in [-0.25, -0.2) is 4.79 Å². The van der Waals surface area contributed by atoms with Crippen molar-refractivity contribution in [2.75, 3.05) is 33.8 Å². The molecule has 0 saturated heterocycles. The molecule has 1 atom stereocenters. The zero-order chi connectivity index (χ0) is 20.7. The predicted molar refractivity (Wildman–Crippen MR) is 103 cm³/mol. The molecule has 0 unspecified atom stereocenters. The van der Waals surface area contributed by atoms with Gasteiger partial charge in [0.25, 0.3) is 5.91 Å². The first-order valence-corrected chi connectivity index (χ1v) is 8.39. The van der Waals surface area contributed by atoms with E-state index in [4.69, 9.17) is 23.7 Å². The van der Waals surface area contributed by atoms with Crippen molar-refractivity contribution in [2.24, 2.45) is 0 Å². The number of hydrogen-bond acceptors (Lipinski definition) is 7. The highest BCUT2D eigenvalue weighted by molar-refractivity contribution is 5.97. The molecule has 0 saturated carbocycles. The zero-order valence-corrected chi connectivity index (χ0v) is 16.4. The SMILES string of the molecule is COc1cccc(NC(=O)[C@@H](C)OC(=O)c2cc(OC)c(OC)c(OC)c2)c1. The molecule has 0 aromatic heterocycles. The molecule has 0 aliphatic rings. The van der Waals surface area contributed by atoms with Crippen molar-refractivity contribution in [1.29, 1.82) is 0 Å². The molecule has 0 fully saturated rings. The minimum atomic E-state index is -1.03. The zero-order valence-electron chi connectivity index (χ0n) is 16.4. The highest BCUT2D eigenvalue weighted by atomic mass is 16.6. The van der Waals surface area contributed by atoms with Crippen molar-refractivity contribution in [2.45, 2.75) is 13.0 Å². The lowest BCUT2D eigenvalue weighted by Crippen LogP contribution is -2.30. The summed E-state index contributed by atoms with van der Waals surface area (Å²) < 4.78 is 26.0. The Labute approximate surface area is 163 Å². The Morgan fingerprint density at radius 1 is 0.893 bits per heavy atom. The molecule has 0 aliphatic heterocycles. The number of rotatable bonds is 8. The number of benzene rings is 2. The van der Waals surface area contributed by atoms with Crippen LogP contribution in [-0.2, 0) is 9.53 Å². The molecule has 150 valence electrons. The Kier molecular flexibility index (Phi) is 7.08. The minimum Gasteiger partial charge on any atom is -0.497 e. The fourth-order valence-electron chi connectivity index (χ4n) is 2.43. The van der Waals surface area contributed by atoms with E-state index in [9.17, 15) is 9.59 Å². The second-order valence-electron chi connectivity index (χ2n) is 5.68. The van der Waals surface area contributed by atoms with Gasteiger partial charge in [0.2, 0.25) is 5.75 Å². The third kappa shape index (κ3) is 4.85. The van der Waals surface area contributed by atoms with Crippen LogP contribution in [-0.4, -0.2) is 46.4 Å². The van der Waals surface area contributed by atoms with Gasteiger partial charge in [-0.3, -0.25) is 4.79 Å². The van der Waals surface area contributed by atoms with Crippen LogP contribution in [0.15, 0.2) is 36.4 Å². The molecule has 2 rings (SSSR count). The number of esters is 1. The van der Waals surface area contributed by atoms with E-state index in [-0.39, 0.29) is 5.56 Å². The van der Waals surface area contributed by atoms with Crippen molar-refractivity contribution in [3.8, 4) is 23.0 Å². The summed E-state index contributed by atoms with van der Waals surface area (Å²) in [6, 6.07) is 9.76. The number of nitrogens with one attached hydrogen (secondary N) is 1. The highest BCUT2D eigenvalue weighted by Crippen LogP contribution is 2.38. The normalized spacial score (nSPS) is 11.2. The van der Waals surface area contributed by atoms with Crippen LogP contribution in [0, 0.1) is 0 Å². The molecule has 2 aromatic carbocycles. The van der Waals surface area contributed by atoms with Gasteiger partial charge in [0.05, 0.1) is 34.0 Å². The van der Waals surface area contributed by atoms with E-state index in [0.717, 1.165) is 0 Å². The summed E-state index contributed by atoms with van der Waals surface area (Å²) in [5, 5.41) is 2.67. The summed E-state index contributed by atoms with van der Waals surface area (Å²) >= 11 is 0. The second-order valence-corrected chi connectivity index (χ2v) is 5.68. The van der Waals surface area contributed by atoms with E-state index in [1.165, 1.54) is 47.5 Å². The van der Waals surface area contributed by atoms with Crippen molar-refractivity contribution >= 4 is 17.6 Å². The molecular weight excluding hydrogens is 366 g/mol. The van der Waals surface area contributed by atoms with Gasteiger partial charge < -0.3 is 29.0 Å². The van der Waals surface area contributed by atoms with Crippen LogP contribution >= 0.6 is 0 Å². The molecular formula is C20H23NO7. The third-order valence-corrected chi connectivity index (χ3v) is 3.89. The maximum absolute atomic E-state index is 12.5. The monoisotopic (exact) mass is 389 g/mol. The number of amides is 1. The first-order valence-electron chi connectivity index (χ1n) is 8.39. The van der Waals surface area contributed by atoms with Gasteiger partial charge in [0.1, 0.15) is 5.75 Å². The number of anilines is 1. The topological polar surface area (TPSA) is 92.3 Å². The Bertz CT molecular complexity index is 825. The van der Waals surface area contributed by atoms with Gasteiger partial charge >= 0.3 is 5.97 Å². The van der Waals surface area contributed by atoms with Crippen LogP contribution in [0.25, 0.3) is 0 Å². The van der Waals surface area contributed by atoms with Crippen LogP contribution in [0.2, 0.25) is 0 Å². The molecule has 0 heterocycles. The number of hydrogen-bond donors (Lipinski definition) is 1. The summed E-state index contributed by atoms with van der Waals surface area (Å²) in [5.74, 6) is 0.386. The fourth-order valence-corrected chi connectivity index (χ4v) is 2.43. The van der Waals surface area contributed by atoms with Crippen molar-refractivity contribution in [1.82, 2.24) is 0 Å². The summed E-state index contributed by atoms with van der Waals surface area (Å²) in [6.45, 7) is 1.48. The van der Waals surface area contributed by atoms with Crippen LogP contribution in [0.3, 0.4) is 0 Å². The fraction of sp³-hybridized carbons (Fsp3) is 0.300. The maximum atomic E-state index is 12.5. The average Bonchev–Trinajstić information content (AvgIpc) is 2.72. The molecule has 1 N–H and O–H groups in total. The number of ether oxygens (including phenoxy) is 5. The molecule has 0 radical (unpaired) electrons. The van der Waals surface area contributed by atoms with Gasteiger partial charge in [0, 0.05) is 11.8 Å². The average molecular weight is 389 g/mol. The molecule has 0 bridgehead atoms. The van der Waals surface area contributed by atoms with E-state index in [2.05, 4.69) is 5.32 Å². The number of carbonyl (C=O) groups excluding carboxylic acids is 2. The third-order valence-electron chi connectivity index (χ3n) is 3.89. The summed E-state index contributed by atoms with van der Waals surface area (Å²) in [5.41, 5.74) is 0.690. The Balaban J connectivity index is 2.11. The van der Waals surface area contributed by atoms with Gasteiger partial charge in [-0.1, -0.05) is 6.07 Å². The first kappa shape index (κ1) is 20.9. The summed E-state index contributed by atoms with van der Waals surface area (Å²) in [4.78, 5) is 24.8. The van der Waals surface area contributed by atoms with Crippen LogP contribution in [0.4, 0.5) is 5.69 Å². The van der Waals surface area contributed by atoms with Crippen LogP contribution in [0.1, 0.15) is 17.3 Å². The van der Waals surface area contributed by atoms with Gasteiger partial charge in [-0.05, 0) is 31.2 Å². The molecule has 1 amide bonds. The quantitative estimate of drug-likeness (QED) is 0.694. The largest absolute Gasteiger partial charge is 0.497 e. The van der Waals surface area contributed by atoms with E-state index in [0.29, 0.717) is 28.7 Å². The summed E-state index contributed by atoms with van der Waals surface area (Å²) in [6.07, 6.45) is -1.03. The standard InChI is InChI=1S/C20H23NO7/c1-12(19(22)21-14-7-6-8-15(11-14)24-2)28-20(23)13-9-16(25-3)18(27-5)17(10-13)26-4/h6-12H,1-5H3,(H,21,22)/t12-/m1/s1. The molecule has 8 heteroatoms. The van der Waals surface area contributed by atoms with E-state index < -0.39 is 18.0 Å². The van der Waals surface area contributed by atoms with E-state index in [1.54, 1.807) is 24.3 Å². The Morgan fingerprint density at radius 2 is 1.54 bits per heavy atom. The molecule has 28 heavy (non-hydrogen) atoms. The van der Waals surface area contributed by atoms with E-state index in [1.807, 2.05) is 0 Å². The lowest BCUT2D eigenvalue weighted by atomic mass is 10.2. The Morgan fingerprint density at radius 3 is 2.07 bits per heavy atom. The highest BCUT2D eigenvalue weighted by Gasteiger charge is 2.22. The van der Waals surface area contributed by atoms with Crippen LogP contribution in [0.5, 0.6) is 23.0 Å². The lowest BCUT2D eigenvalue weighted by molar-refractivity contribution is -0.123. The van der Waals surface area contributed by atoms with Crippen molar-refractivity contribution < 1.29 is 33.3 Å². The van der Waals surface area contributed by atoms with Gasteiger partial charge in [-0.15, -0.1) is 0 Å². The van der Waals surface area contributed by atoms with Crippen molar-refractivity contribution in [3.05, 3.63) is 42.0 Å². The van der Waals surface area contributed by atoms with Gasteiger partial charge in [-0.2, -0.15) is 0 Å². The second kappa shape index (κ2) is 9.50. The molecule has 0 aliphatic carbocycles. The lowest BCUT2D eigenvalue weighted by Gasteiger charge is -2.16. The predicted octanol–water partition coefficient (Wildman–Crippen LogP) is 2.91. The first-order chi connectivity index (χ1) is 13.4. The van der Waals surface area contributed by atoms with Crippen molar-refractivity contribution in [3.63, 3.8) is 0 Å². The number of carbonyl (C=O) groups is 2. The molecule has 8 nitrogen and oxygen atoms in total.